The summed E-state index contributed by atoms with van der Waals surface area (Å²) in [5.41, 5.74) is 5.61. The van der Waals surface area contributed by atoms with Gasteiger partial charge in [-0.2, -0.15) is 5.10 Å². The molecule has 5 heteroatoms. The molecule has 0 saturated carbocycles. The van der Waals surface area contributed by atoms with E-state index in [0.29, 0.717) is 17.7 Å². The van der Waals surface area contributed by atoms with Crippen molar-refractivity contribution in [2.75, 3.05) is 5.32 Å². The second kappa shape index (κ2) is 10.3. The number of hydrogen-bond donors (Lipinski definition) is 2. The van der Waals surface area contributed by atoms with E-state index in [9.17, 15) is 9.59 Å². The molecule has 5 nitrogen and oxygen atoms in total. The number of rotatable bonds is 8. The van der Waals surface area contributed by atoms with Gasteiger partial charge in [0.05, 0.1) is 5.71 Å². The van der Waals surface area contributed by atoms with Gasteiger partial charge in [-0.3, -0.25) is 9.59 Å². The molecule has 0 unspecified atom stereocenters. The van der Waals surface area contributed by atoms with Gasteiger partial charge in [0.15, 0.2) is 0 Å². The van der Waals surface area contributed by atoms with Crippen LogP contribution in [0, 0.1) is 5.92 Å². The molecule has 2 aromatic carbocycles. The van der Waals surface area contributed by atoms with Crippen molar-refractivity contribution in [3.8, 4) is 0 Å². The monoisotopic (exact) mass is 365 g/mol. The first-order chi connectivity index (χ1) is 13.0. The van der Waals surface area contributed by atoms with Gasteiger partial charge in [-0.05, 0) is 42.2 Å². The molecule has 142 valence electrons. The SMILES string of the molecule is CCCCC(=O)Nc1ccc(C(=O)N/N=C(/c2ccccc2)C(C)C)cc1. The van der Waals surface area contributed by atoms with E-state index in [1.165, 1.54) is 0 Å². The summed E-state index contributed by atoms with van der Waals surface area (Å²) < 4.78 is 0. The Morgan fingerprint density at radius 2 is 1.63 bits per heavy atom. The number of hydrazone groups is 1. The summed E-state index contributed by atoms with van der Waals surface area (Å²) in [6.45, 7) is 6.12. The summed E-state index contributed by atoms with van der Waals surface area (Å²) in [6, 6.07) is 16.6. The van der Waals surface area contributed by atoms with Crippen LogP contribution in [-0.2, 0) is 4.79 Å². The number of unbranched alkanes of at least 4 members (excludes halogenated alkanes) is 1. The van der Waals surface area contributed by atoms with E-state index in [1.54, 1.807) is 24.3 Å². The highest BCUT2D eigenvalue weighted by molar-refractivity contribution is 6.03. The van der Waals surface area contributed by atoms with Gasteiger partial charge in [0.1, 0.15) is 0 Å². The number of carbonyl (C=O) groups is 2. The summed E-state index contributed by atoms with van der Waals surface area (Å²) >= 11 is 0. The molecule has 0 heterocycles. The van der Waals surface area contributed by atoms with E-state index in [4.69, 9.17) is 0 Å². The maximum atomic E-state index is 12.4. The van der Waals surface area contributed by atoms with Crippen molar-refractivity contribution in [1.29, 1.82) is 0 Å². The Morgan fingerprint density at radius 3 is 2.22 bits per heavy atom. The van der Waals surface area contributed by atoms with Gasteiger partial charge in [0.2, 0.25) is 5.91 Å². The van der Waals surface area contributed by atoms with Crippen LogP contribution in [0.15, 0.2) is 59.7 Å². The van der Waals surface area contributed by atoms with Crippen molar-refractivity contribution in [1.82, 2.24) is 5.43 Å². The lowest BCUT2D eigenvalue weighted by Gasteiger charge is -2.11. The average molecular weight is 365 g/mol. The van der Waals surface area contributed by atoms with Gasteiger partial charge in [0, 0.05) is 17.7 Å². The lowest BCUT2D eigenvalue weighted by Crippen LogP contribution is -2.22. The molecule has 0 saturated heterocycles. The number of carbonyl (C=O) groups excluding carboxylic acids is 2. The normalized spacial score (nSPS) is 11.3. The molecule has 0 aliphatic rings. The molecule has 27 heavy (non-hydrogen) atoms. The molecule has 2 amide bonds. The molecule has 0 atom stereocenters. The first-order valence-corrected chi connectivity index (χ1v) is 9.34. The molecule has 0 aliphatic heterocycles. The van der Waals surface area contributed by atoms with Crippen LogP contribution in [0.25, 0.3) is 0 Å². The molecule has 2 N–H and O–H groups in total. The summed E-state index contributed by atoms with van der Waals surface area (Å²) in [7, 11) is 0. The lowest BCUT2D eigenvalue weighted by molar-refractivity contribution is -0.116. The third-order valence-corrected chi connectivity index (χ3v) is 4.08. The molecular formula is C22H27N3O2. The van der Waals surface area contributed by atoms with Gasteiger partial charge in [-0.1, -0.05) is 57.5 Å². The Balaban J connectivity index is 2.01. The number of nitrogens with zero attached hydrogens (tertiary/aromatic N) is 1. The molecule has 2 rings (SSSR count). The zero-order valence-electron chi connectivity index (χ0n) is 16.2. The minimum atomic E-state index is -0.284. The molecular weight excluding hydrogens is 338 g/mol. The largest absolute Gasteiger partial charge is 0.326 e. The zero-order chi connectivity index (χ0) is 19.6. The molecule has 0 fully saturated rings. The topological polar surface area (TPSA) is 70.6 Å². The highest BCUT2D eigenvalue weighted by Crippen LogP contribution is 2.12. The first kappa shape index (κ1) is 20.4. The van der Waals surface area contributed by atoms with Crippen LogP contribution < -0.4 is 10.7 Å². The Bertz CT molecular complexity index is 781. The minimum absolute atomic E-state index is 0.0110. The van der Waals surface area contributed by atoms with E-state index in [0.717, 1.165) is 24.1 Å². The first-order valence-electron chi connectivity index (χ1n) is 9.34. The van der Waals surface area contributed by atoms with Crippen LogP contribution in [0.4, 0.5) is 5.69 Å². The number of hydrogen-bond acceptors (Lipinski definition) is 3. The fourth-order valence-corrected chi connectivity index (χ4v) is 2.58. The standard InChI is InChI=1S/C22H27N3O2/c1-4-5-11-20(26)23-19-14-12-18(13-15-19)22(27)25-24-21(16(2)3)17-9-7-6-8-10-17/h6-10,12-16H,4-5,11H2,1-3H3,(H,23,26)(H,25,27)/b24-21+. The third kappa shape index (κ3) is 6.37. The highest BCUT2D eigenvalue weighted by atomic mass is 16.2. The van der Waals surface area contributed by atoms with E-state index in [2.05, 4.69) is 15.8 Å². The second-order valence-corrected chi connectivity index (χ2v) is 6.69. The van der Waals surface area contributed by atoms with Gasteiger partial charge in [-0.25, -0.2) is 5.43 Å². The number of nitrogens with one attached hydrogen (secondary N) is 2. The fourth-order valence-electron chi connectivity index (χ4n) is 2.58. The van der Waals surface area contributed by atoms with E-state index < -0.39 is 0 Å². The Hall–Kier alpha value is -2.95. The Morgan fingerprint density at radius 1 is 0.963 bits per heavy atom. The molecule has 2 aromatic rings. The molecule has 0 spiro atoms. The summed E-state index contributed by atoms with van der Waals surface area (Å²) in [4.78, 5) is 24.1. The molecule has 0 bridgehead atoms. The third-order valence-electron chi connectivity index (χ3n) is 4.08. The molecule has 0 aromatic heterocycles. The highest BCUT2D eigenvalue weighted by Gasteiger charge is 2.10. The summed E-state index contributed by atoms with van der Waals surface area (Å²) in [5, 5.41) is 7.15. The van der Waals surface area contributed by atoms with Gasteiger partial charge in [-0.15, -0.1) is 0 Å². The van der Waals surface area contributed by atoms with Crippen molar-refractivity contribution < 1.29 is 9.59 Å². The van der Waals surface area contributed by atoms with Gasteiger partial charge < -0.3 is 5.32 Å². The average Bonchev–Trinajstić information content (AvgIpc) is 2.67. The summed E-state index contributed by atoms with van der Waals surface area (Å²) in [5.74, 6) is -0.121. The van der Waals surface area contributed by atoms with Crippen LogP contribution in [0.2, 0.25) is 0 Å². The number of benzene rings is 2. The smallest absolute Gasteiger partial charge is 0.271 e. The second-order valence-electron chi connectivity index (χ2n) is 6.69. The lowest BCUT2D eigenvalue weighted by atomic mass is 10.0. The fraction of sp³-hybridized carbons (Fsp3) is 0.318. The maximum Gasteiger partial charge on any atom is 0.271 e. The minimum Gasteiger partial charge on any atom is -0.326 e. The van der Waals surface area contributed by atoms with E-state index in [1.807, 2.05) is 51.1 Å². The number of amides is 2. The van der Waals surface area contributed by atoms with Crippen molar-refractivity contribution in [3.63, 3.8) is 0 Å². The van der Waals surface area contributed by atoms with Crippen LogP contribution in [0.3, 0.4) is 0 Å². The molecule has 0 aliphatic carbocycles. The van der Waals surface area contributed by atoms with Crippen LogP contribution in [0.1, 0.15) is 56.0 Å². The maximum absolute atomic E-state index is 12.4. The zero-order valence-corrected chi connectivity index (χ0v) is 16.2. The summed E-state index contributed by atoms with van der Waals surface area (Å²) in [6.07, 6.45) is 2.35. The van der Waals surface area contributed by atoms with E-state index >= 15 is 0 Å². The molecule has 0 radical (unpaired) electrons. The van der Waals surface area contributed by atoms with Crippen molar-refractivity contribution in [2.24, 2.45) is 11.0 Å². The van der Waals surface area contributed by atoms with Crippen LogP contribution >= 0.6 is 0 Å². The van der Waals surface area contributed by atoms with Crippen LogP contribution in [-0.4, -0.2) is 17.5 Å². The number of anilines is 1. The Labute approximate surface area is 160 Å². The van der Waals surface area contributed by atoms with Gasteiger partial charge in [0.25, 0.3) is 5.91 Å². The van der Waals surface area contributed by atoms with Crippen LogP contribution in [0.5, 0.6) is 0 Å². The van der Waals surface area contributed by atoms with Crippen molar-refractivity contribution in [3.05, 3.63) is 65.7 Å². The predicted octanol–water partition coefficient (Wildman–Crippen LogP) is 4.61. The van der Waals surface area contributed by atoms with Crippen molar-refractivity contribution >= 4 is 23.2 Å². The quantitative estimate of drug-likeness (QED) is 0.530. The van der Waals surface area contributed by atoms with E-state index in [-0.39, 0.29) is 17.7 Å². The van der Waals surface area contributed by atoms with Gasteiger partial charge >= 0.3 is 0 Å². The Kier molecular flexibility index (Phi) is 7.74. The predicted molar refractivity (Wildman–Crippen MR) is 110 cm³/mol. The van der Waals surface area contributed by atoms with Crippen molar-refractivity contribution in [2.45, 2.75) is 40.0 Å².